The van der Waals surface area contributed by atoms with Gasteiger partial charge in [-0.25, -0.2) is 0 Å². The molecule has 0 aliphatic carbocycles. The molecule has 2 aromatic heterocycles. The summed E-state index contributed by atoms with van der Waals surface area (Å²) in [4.78, 5) is 16.2. The predicted molar refractivity (Wildman–Crippen MR) is 64.2 cm³/mol. The predicted octanol–water partition coefficient (Wildman–Crippen LogP) is 1.74. The summed E-state index contributed by atoms with van der Waals surface area (Å²) in [6.07, 6.45) is 2.64. The summed E-state index contributed by atoms with van der Waals surface area (Å²) in [6, 6.07) is 1.67. The van der Waals surface area contributed by atoms with Crippen LogP contribution in [0.15, 0.2) is 16.8 Å². The zero-order chi connectivity index (χ0) is 13.1. The molecule has 0 aliphatic rings. The Bertz CT molecular complexity index is 544. The van der Waals surface area contributed by atoms with Crippen LogP contribution in [0.3, 0.4) is 0 Å². The summed E-state index contributed by atoms with van der Waals surface area (Å²) in [5.41, 5.74) is 0.540. The second-order valence-corrected chi connectivity index (χ2v) is 4.30. The molecule has 0 spiro atoms. The van der Waals surface area contributed by atoms with Crippen molar-refractivity contribution in [3.8, 4) is 0 Å². The van der Waals surface area contributed by atoms with Gasteiger partial charge in [-0.15, -0.1) is 0 Å². The molecule has 0 aliphatic heterocycles. The fraction of sp³-hybridized carbons (Fsp3) is 0.500. The van der Waals surface area contributed by atoms with Crippen LogP contribution in [0, 0.1) is 0 Å². The first-order chi connectivity index (χ1) is 8.61. The Morgan fingerprint density at radius 2 is 2.33 bits per heavy atom. The second-order valence-electron chi connectivity index (χ2n) is 4.30. The average Bonchev–Trinajstić information content (AvgIpc) is 2.97. The van der Waals surface area contributed by atoms with E-state index in [1.54, 1.807) is 19.3 Å². The number of nitrogens with zero attached hydrogens (tertiary/aromatic N) is 4. The van der Waals surface area contributed by atoms with Crippen molar-refractivity contribution >= 4 is 5.78 Å². The SMILES string of the molecule is CCC(C)c1noc(CC(=O)c2ccnn2C)n1. The molecular weight excluding hydrogens is 232 g/mol. The molecule has 96 valence electrons. The van der Waals surface area contributed by atoms with E-state index in [-0.39, 0.29) is 18.1 Å². The minimum absolute atomic E-state index is 0.0747. The van der Waals surface area contributed by atoms with E-state index in [0.29, 0.717) is 17.4 Å². The standard InChI is InChI=1S/C12H16N4O2/c1-4-8(2)12-14-11(18-15-12)7-10(17)9-5-6-13-16(9)3/h5-6,8H,4,7H2,1-3H3. The van der Waals surface area contributed by atoms with Crippen LogP contribution in [0.2, 0.25) is 0 Å². The highest BCUT2D eigenvalue weighted by Crippen LogP contribution is 2.15. The van der Waals surface area contributed by atoms with E-state index in [4.69, 9.17) is 4.52 Å². The lowest BCUT2D eigenvalue weighted by Gasteiger charge is -1.99. The summed E-state index contributed by atoms with van der Waals surface area (Å²) in [5.74, 6) is 1.19. The second kappa shape index (κ2) is 5.12. The third-order valence-corrected chi connectivity index (χ3v) is 2.96. The van der Waals surface area contributed by atoms with Crippen LogP contribution in [0.5, 0.6) is 0 Å². The Morgan fingerprint density at radius 3 is 2.94 bits per heavy atom. The Hall–Kier alpha value is -1.98. The number of ketones is 1. The van der Waals surface area contributed by atoms with Gasteiger partial charge < -0.3 is 4.52 Å². The van der Waals surface area contributed by atoms with Gasteiger partial charge in [-0.2, -0.15) is 10.1 Å². The van der Waals surface area contributed by atoms with Gasteiger partial charge in [0.1, 0.15) is 5.69 Å². The van der Waals surface area contributed by atoms with Gasteiger partial charge in [0.25, 0.3) is 0 Å². The average molecular weight is 248 g/mol. The number of rotatable bonds is 5. The van der Waals surface area contributed by atoms with Gasteiger partial charge in [-0.1, -0.05) is 19.0 Å². The van der Waals surface area contributed by atoms with Gasteiger partial charge >= 0.3 is 0 Å². The van der Waals surface area contributed by atoms with E-state index < -0.39 is 0 Å². The van der Waals surface area contributed by atoms with Crippen molar-refractivity contribution in [2.24, 2.45) is 7.05 Å². The van der Waals surface area contributed by atoms with Crippen molar-refractivity contribution in [1.29, 1.82) is 0 Å². The van der Waals surface area contributed by atoms with Crippen LogP contribution in [0.4, 0.5) is 0 Å². The Balaban J connectivity index is 2.08. The quantitative estimate of drug-likeness (QED) is 0.753. The highest BCUT2D eigenvalue weighted by atomic mass is 16.5. The third-order valence-electron chi connectivity index (χ3n) is 2.96. The van der Waals surface area contributed by atoms with Crippen LogP contribution in [0.25, 0.3) is 0 Å². The zero-order valence-corrected chi connectivity index (χ0v) is 10.8. The maximum Gasteiger partial charge on any atom is 0.234 e. The number of aryl methyl sites for hydroxylation is 1. The number of hydrogen-bond acceptors (Lipinski definition) is 5. The summed E-state index contributed by atoms with van der Waals surface area (Å²) < 4.78 is 6.62. The lowest BCUT2D eigenvalue weighted by molar-refractivity contribution is 0.0974. The van der Waals surface area contributed by atoms with Crippen LogP contribution in [0.1, 0.15) is 48.4 Å². The van der Waals surface area contributed by atoms with Gasteiger partial charge in [-0.3, -0.25) is 9.48 Å². The van der Waals surface area contributed by atoms with Crippen molar-refractivity contribution < 1.29 is 9.32 Å². The monoisotopic (exact) mass is 248 g/mol. The van der Waals surface area contributed by atoms with Crippen molar-refractivity contribution in [2.75, 3.05) is 0 Å². The molecule has 0 N–H and O–H groups in total. The maximum absolute atomic E-state index is 12.0. The molecule has 0 amide bonds. The summed E-state index contributed by atoms with van der Waals surface area (Å²) in [5, 5.41) is 7.84. The Morgan fingerprint density at radius 1 is 1.56 bits per heavy atom. The Kier molecular flexibility index (Phi) is 3.55. The smallest absolute Gasteiger partial charge is 0.234 e. The normalized spacial score (nSPS) is 12.6. The summed E-state index contributed by atoms with van der Waals surface area (Å²) in [6.45, 7) is 4.08. The maximum atomic E-state index is 12.0. The fourth-order valence-corrected chi connectivity index (χ4v) is 1.60. The van der Waals surface area contributed by atoms with Crippen molar-refractivity contribution in [3.63, 3.8) is 0 Å². The highest BCUT2D eigenvalue weighted by molar-refractivity contribution is 5.95. The molecule has 0 saturated carbocycles. The first-order valence-electron chi connectivity index (χ1n) is 5.95. The summed E-state index contributed by atoms with van der Waals surface area (Å²) in [7, 11) is 1.73. The number of carbonyl (C=O) groups is 1. The lowest BCUT2D eigenvalue weighted by Crippen LogP contribution is -2.10. The molecule has 0 aromatic carbocycles. The number of Topliss-reactive ketones (excluding diaryl/α,β-unsaturated/α-hetero) is 1. The van der Waals surface area contributed by atoms with E-state index in [9.17, 15) is 4.79 Å². The first-order valence-corrected chi connectivity index (χ1v) is 5.95. The van der Waals surface area contributed by atoms with E-state index in [1.165, 1.54) is 4.68 Å². The van der Waals surface area contributed by atoms with Crippen molar-refractivity contribution in [1.82, 2.24) is 19.9 Å². The minimum Gasteiger partial charge on any atom is -0.339 e. The molecule has 0 fully saturated rings. The molecule has 6 heteroatoms. The molecule has 6 nitrogen and oxygen atoms in total. The van der Waals surface area contributed by atoms with E-state index in [2.05, 4.69) is 22.2 Å². The van der Waals surface area contributed by atoms with Gasteiger partial charge in [0.15, 0.2) is 11.6 Å². The molecule has 0 bridgehead atoms. The molecule has 2 rings (SSSR count). The topological polar surface area (TPSA) is 73.8 Å². The Labute approximate surface area is 105 Å². The highest BCUT2D eigenvalue weighted by Gasteiger charge is 2.17. The molecule has 0 saturated heterocycles. The van der Waals surface area contributed by atoms with Crippen LogP contribution in [-0.4, -0.2) is 25.7 Å². The molecule has 0 radical (unpaired) electrons. The molecule has 1 atom stereocenters. The zero-order valence-electron chi connectivity index (χ0n) is 10.8. The molecule has 2 heterocycles. The third kappa shape index (κ3) is 2.47. The van der Waals surface area contributed by atoms with Gasteiger partial charge in [0, 0.05) is 19.2 Å². The fourth-order valence-electron chi connectivity index (χ4n) is 1.60. The van der Waals surface area contributed by atoms with Crippen LogP contribution < -0.4 is 0 Å². The van der Waals surface area contributed by atoms with E-state index >= 15 is 0 Å². The minimum atomic E-state index is -0.0747. The first kappa shape index (κ1) is 12.5. The number of carbonyl (C=O) groups excluding carboxylic acids is 1. The van der Waals surface area contributed by atoms with Gasteiger partial charge in [-0.05, 0) is 12.5 Å². The van der Waals surface area contributed by atoms with Crippen LogP contribution >= 0.6 is 0 Å². The molecular formula is C12H16N4O2. The number of aromatic nitrogens is 4. The lowest BCUT2D eigenvalue weighted by atomic mass is 10.1. The number of hydrogen-bond donors (Lipinski definition) is 0. The van der Waals surface area contributed by atoms with E-state index in [0.717, 1.165) is 6.42 Å². The summed E-state index contributed by atoms with van der Waals surface area (Å²) >= 11 is 0. The molecule has 2 aromatic rings. The largest absolute Gasteiger partial charge is 0.339 e. The van der Waals surface area contributed by atoms with Crippen LogP contribution in [-0.2, 0) is 13.5 Å². The molecule has 18 heavy (non-hydrogen) atoms. The van der Waals surface area contributed by atoms with E-state index in [1.807, 2.05) is 6.92 Å². The van der Waals surface area contributed by atoms with Crippen molar-refractivity contribution in [2.45, 2.75) is 32.6 Å². The molecule has 1 unspecified atom stereocenters. The van der Waals surface area contributed by atoms with Gasteiger partial charge in [0.2, 0.25) is 5.89 Å². The van der Waals surface area contributed by atoms with Gasteiger partial charge in [0.05, 0.1) is 6.42 Å². The van der Waals surface area contributed by atoms with Crippen molar-refractivity contribution in [3.05, 3.63) is 29.7 Å².